The summed E-state index contributed by atoms with van der Waals surface area (Å²) in [6.07, 6.45) is 0. The van der Waals surface area contributed by atoms with Crippen LogP contribution in [0.1, 0.15) is 0 Å². The Bertz CT molecular complexity index is 3500. The number of hydrogen-bond donors (Lipinski definition) is 0. The molecule has 3 aromatic heterocycles. The molecule has 0 aliphatic carbocycles. The lowest BCUT2D eigenvalue weighted by atomic mass is 9.85. The summed E-state index contributed by atoms with van der Waals surface area (Å²) in [6, 6.07) is 83.4. The number of benzene rings is 9. The Morgan fingerprint density at radius 1 is 0.297 bits per heavy atom. The molecule has 0 unspecified atom stereocenters. The van der Waals surface area contributed by atoms with Gasteiger partial charge in [-0.15, -0.1) is 0 Å². The fourth-order valence-corrected chi connectivity index (χ4v) is 9.11. The summed E-state index contributed by atoms with van der Waals surface area (Å²) in [6.45, 7) is 0. The number of para-hydroxylation sites is 1. The third-order valence-corrected chi connectivity index (χ3v) is 12.1. The largest absolute Gasteiger partial charge is 0.278 e. The molecule has 300 valence electrons. The molecule has 0 aliphatic heterocycles. The molecule has 12 aromatic rings. The van der Waals surface area contributed by atoms with Crippen LogP contribution in [0.5, 0.6) is 0 Å². The molecule has 0 amide bonds. The third-order valence-electron chi connectivity index (χ3n) is 12.1. The van der Waals surface area contributed by atoms with Crippen molar-refractivity contribution in [3.63, 3.8) is 0 Å². The predicted molar refractivity (Wildman–Crippen MR) is 263 cm³/mol. The second-order valence-corrected chi connectivity index (χ2v) is 16.1. The fraction of sp³-hybridized carbons (Fsp3) is 0. The first kappa shape index (κ1) is 37.1. The summed E-state index contributed by atoms with van der Waals surface area (Å²) in [5, 5.41) is 0. The van der Waals surface area contributed by atoms with Crippen LogP contribution in [0.25, 0.3) is 112 Å². The van der Waals surface area contributed by atoms with Gasteiger partial charge in [-0.1, -0.05) is 182 Å². The summed E-state index contributed by atoms with van der Waals surface area (Å²) < 4.78 is 4.61. The molecule has 64 heavy (non-hydrogen) atoms. The summed E-state index contributed by atoms with van der Waals surface area (Å²) in [5.74, 6) is 1.55. The molecule has 5 heteroatoms. The van der Waals surface area contributed by atoms with Gasteiger partial charge in [0.05, 0.1) is 33.5 Å². The van der Waals surface area contributed by atoms with Crippen LogP contribution < -0.4 is 0 Å². The van der Waals surface area contributed by atoms with E-state index < -0.39 is 0 Å². The lowest BCUT2D eigenvalue weighted by molar-refractivity contribution is 1.11. The molecule has 9 aromatic carbocycles. The maximum absolute atomic E-state index is 5.36. The predicted octanol–water partition coefficient (Wildman–Crippen LogP) is 14.9. The maximum Gasteiger partial charge on any atom is 0.220 e. The van der Waals surface area contributed by atoms with Gasteiger partial charge in [0.15, 0.2) is 5.82 Å². The highest BCUT2D eigenvalue weighted by Crippen LogP contribution is 2.45. The van der Waals surface area contributed by atoms with Crippen molar-refractivity contribution >= 4 is 27.8 Å². The van der Waals surface area contributed by atoms with Crippen molar-refractivity contribution in [2.75, 3.05) is 0 Å². The first-order valence-electron chi connectivity index (χ1n) is 21.6. The quantitative estimate of drug-likeness (QED) is 0.153. The summed E-state index contributed by atoms with van der Waals surface area (Å²) in [7, 11) is 0. The average molecular weight is 818 g/mol. The van der Waals surface area contributed by atoms with Crippen molar-refractivity contribution in [1.29, 1.82) is 0 Å². The van der Waals surface area contributed by atoms with Crippen LogP contribution >= 0.6 is 0 Å². The van der Waals surface area contributed by atoms with Crippen LogP contribution in [0.2, 0.25) is 0 Å². The van der Waals surface area contributed by atoms with Crippen molar-refractivity contribution in [2.45, 2.75) is 0 Å². The number of aromatic nitrogens is 5. The van der Waals surface area contributed by atoms with E-state index in [4.69, 9.17) is 15.0 Å². The minimum Gasteiger partial charge on any atom is -0.278 e. The van der Waals surface area contributed by atoms with E-state index in [0.717, 1.165) is 101 Å². The molecule has 0 radical (unpaired) electrons. The van der Waals surface area contributed by atoms with E-state index in [2.05, 4.69) is 221 Å². The van der Waals surface area contributed by atoms with E-state index in [1.54, 1.807) is 0 Å². The highest BCUT2D eigenvalue weighted by Gasteiger charge is 2.22. The van der Waals surface area contributed by atoms with Gasteiger partial charge in [-0.2, -0.15) is 0 Å². The number of rotatable bonds is 8. The lowest BCUT2D eigenvalue weighted by Crippen LogP contribution is -1.98. The average Bonchev–Trinajstić information content (AvgIpc) is 3.91. The molecule has 0 atom stereocenters. The van der Waals surface area contributed by atoms with Crippen LogP contribution in [0, 0.1) is 0 Å². The Kier molecular flexibility index (Phi) is 9.08. The zero-order valence-corrected chi connectivity index (χ0v) is 34.8. The molecule has 0 saturated heterocycles. The molecule has 0 fully saturated rings. The number of imidazole rings is 2. The second-order valence-electron chi connectivity index (χ2n) is 16.1. The monoisotopic (exact) mass is 817 g/mol. The van der Waals surface area contributed by atoms with Gasteiger partial charge in [0, 0.05) is 22.4 Å². The van der Waals surface area contributed by atoms with Crippen LogP contribution in [-0.2, 0) is 0 Å². The van der Waals surface area contributed by atoms with Gasteiger partial charge < -0.3 is 0 Å². The Hall–Kier alpha value is -8.67. The Morgan fingerprint density at radius 3 is 1.38 bits per heavy atom. The molecule has 0 aliphatic rings. The van der Waals surface area contributed by atoms with Crippen LogP contribution in [0.15, 0.2) is 237 Å². The van der Waals surface area contributed by atoms with Crippen molar-refractivity contribution in [3.05, 3.63) is 237 Å². The normalized spacial score (nSPS) is 11.4. The van der Waals surface area contributed by atoms with Gasteiger partial charge in [0.1, 0.15) is 0 Å². The standard InChI is InChI=1S/C59H39N5/c1-7-19-40(20-8-1)45-32-34-54-56(37-45)64-55-38-46(31-33-51(55)62-59(64)63(54)48-29-17-6-18-30-48)57-49(41-21-9-2-10-22-41)35-47(36-50(57)42-23-11-3-12-24-42)53-39-52(43-25-13-4-14-26-43)60-58(61-53)44-27-15-5-16-28-44/h1-39H. The third kappa shape index (κ3) is 6.55. The molecule has 0 spiro atoms. The van der Waals surface area contributed by atoms with Gasteiger partial charge in [-0.3, -0.25) is 8.97 Å². The highest BCUT2D eigenvalue weighted by molar-refractivity contribution is 6.01. The highest BCUT2D eigenvalue weighted by atomic mass is 15.2. The molecule has 0 saturated carbocycles. The Balaban J connectivity index is 1.14. The minimum absolute atomic E-state index is 0.684. The Labute approximate surface area is 370 Å². The molecule has 3 heterocycles. The smallest absolute Gasteiger partial charge is 0.220 e. The van der Waals surface area contributed by atoms with E-state index in [-0.39, 0.29) is 0 Å². The lowest BCUT2D eigenvalue weighted by Gasteiger charge is -2.19. The second kappa shape index (κ2) is 15.7. The number of fused-ring (bicyclic) bond motifs is 5. The van der Waals surface area contributed by atoms with Crippen molar-refractivity contribution < 1.29 is 0 Å². The topological polar surface area (TPSA) is 48.0 Å². The number of nitrogens with zero attached hydrogens (tertiary/aromatic N) is 5. The first-order chi connectivity index (χ1) is 31.7. The first-order valence-corrected chi connectivity index (χ1v) is 21.6. The van der Waals surface area contributed by atoms with Gasteiger partial charge in [-0.05, 0) is 99.1 Å². The molecule has 12 rings (SSSR count). The van der Waals surface area contributed by atoms with Crippen LogP contribution in [0.4, 0.5) is 0 Å². The molecular formula is C59H39N5. The summed E-state index contributed by atoms with van der Waals surface area (Å²) >= 11 is 0. The van der Waals surface area contributed by atoms with E-state index in [1.165, 1.54) is 5.56 Å². The maximum atomic E-state index is 5.36. The van der Waals surface area contributed by atoms with E-state index in [9.17, 15) is 0 Å². The zero-order valence-electron chi connectivity index (χ0n) is 34.8. The SMILES string of the molecule is c1ccc(-c2ccc3c(c2)n2c4cc(-c5c(-c6ccccc6)cc(-c6cc(-c7ccccc7)nc(-c7ccccc7)n6)cc5-c5ccccc5)ccc4nc2n3-c2ccccc2)cc1. The zero-order chi connectivity index (χ0) is 42.4. The Morgan fingerprint density at radius 2 is 0.781 bits per heavy atom. The summed E-state index contributed by atoms with van der Waals surface area (Å²) in [5.41, 5.74) is 18.9. The number of hydrogen-bond acceptors (Lipinski definition) is 3. The van der Waals surface area contributed by atoms with E-state index in [1.807, 2.05) is 24.3 Å². The van der Waals surface area contributed by atoms with Crippen molar-refractivity contribution in [1.82, 2.24) is 23.9 Å². The molecular weight excluding hydrogens is 779 g/mol. The summed E-state index contributed by atoms with van der Waals surface area (Å²) in [4.78, 5) is 15.8. The molecule has 0 bridgehead atoms. The van der Waals surface area contributed by atoms with Gasteiger partial charge in [0.2, 0.25) is 5.78 Å². The van der Waals surface area contributed by atoms with Gasteiger partial charge in [-0.25, -0.2) is 15.0 Å². The van der Waals surface area contributed by atoms with Crippen molar-refractivity contribution in [2.24, 2.45) is 0 Å². The van der Waals surface area contributed by atoms with Gasteiger partial charge in [0.25, 0.3) is 0 Å². The van der Waals surface area contributed by atoms with Crippen LogP contribution in [-0.4, -0.2) is 23.9 Å². The minimum atomic E-state index is 0.684. The molecule has 5 nitrogen and oxygen atoms in total. The molecule has 0 N–H and O–H groups in total. The van der Waals surface area contributed by atoms with E-state index >= 15 is 0 Å². The van der Waals surface area contributed by atoms with Crippen molar-refractivity contribution in [3.8, 4) is 84.1 Å². The van der Waals surface area contributed by atoms with Gasteiger partial charge >= 0.3 is 0 Å². The van der Waals surface area contributed by atoms with E-state index in [0.29, 0.717) is 5.82 Å². The van der Waals surface area contributed by atoms with Crippen LogP contribution in [0.3, 0.4) is 0 Å². The fourth-order valence-electron chi connectivity index (χ4n) is 9.11.